The van der Waals surface area contributed by atoms with Gasteiger partial charge in [0.1, 0.15) is 0 Å². The number of halogens is 1. The molecule has 1 aromatic carbocycles. The van der Waals surface area contributed by atoms with Crippen LogP contribution in [0.2, 0.25) is 5.02 Å². The maximum atomic E-state index is 12.5. The lowest BCUT2D eigenvalue weighted by Gasteiger charge is -2.13. The lowest BCUT2D eigenvalue weighted by Crippen LogP contribution is -2.21. The van der Waals surface area contributed by atoms with Gasteiger partial charge in [-0.15, -0.1) is 0 Å². The Balaban J connectivity index is 1.74. The summed E-state index contributed by atoms with van der Waals surface area (Å²) in [6, 6.07) is 9.26. The lowest BCUT2D eigenvalue weighted by atomic mass is 10.0. The first kappa shape index (κ1) is 24.1. The molecule has 184 valence electrons. The van der Waals surface area contributed by atoms with Crippen molar-refractivity contribution in [3.63, 3.8) is 0 Å². The van der Waals surface area contributed by atoms with Gasteiger partial charge in [-0.25, -0.2) is 9.67 Å². The molecule has 0 aliphatic heterocycles. The van der Waals surface area contributed by atoms with E-state index < -0.39 is 0 Å². The molecule has 0 saturated heterocycles. The number of thiazole rings is 1. The first-order valence-electron chi connectivity index (χ1n) is 11.6. The molecule has 0 spiro atoms. The van der Waals surface area contributed by atoms with Crippen LogP contribution in [0, 0.1) is 6.92 Å². The highest BCUT2D eigenvalue weighted by Crippen LogP contribution is 2.44. The van der Waals surface area contributed by atoms with E-state index in [0.29, 0.717) is 21.4 Å². The molecule has 2 amide bonds. The minimum Gasteiger partial charge on any atom is -0.345 e. The van der Waals surface area contributed by atoms with Crippen molar-refractivity contribution in [2.24, 2.45) is 0 Å². The molecule has 0 bridgehead atoms. The summed E-state index contributed by atoms with van der Waals surface area (Å²) in [4.78, 5) is 35.9. The number of fused-ring (bicyclic) bond motifs is 3. The fourth-order valence-corrected chi connectivity index (χ4v) is 5.72. The fraction of sp³-hybridized carbons (Fsp3) is 0.269. The smallest absolute Gasteiger partial charge is 0.253 e. The number of carbonyl (C=O) groups excluding carboxylic acids is 2. The maximum Gasteiger partial charge on any atom is 0.253 e. The Morgan fingerprint density at radius 1 is 1.17 bits per heavy atom. The van der Waals surface area contributed by atoms with Gasteiger partial charge in [0.05, 0.1) is 32.7 Å². The number of rotatable bonds is 4. The van der Waals surface area contributed by atoms with E-state index >= 15 is 0 Å². The quantitative estimate of drug-likeness (QED) is 0.401. The van der Waals surface area contributed by atoms with E-state index in [9.17, 15) is 9.59 Å². The van der Waals surface area contributed by atoms with Crippen molar-refractivity contribution >= 4 is 39.9 Å². The molecule has 36 heavy (non-hydrogen) atoms. The van der Waals surface area contributed by atoms with Gasteiger partial charge in [-0.3, -0.25) is 14.6 Å². The van der Waals surface area contributed by atoms with Crippen molar-refractivity contribution in [1.82, 2.24) is 24.6 Å². The SMILES string of the molecule is CC(=O)Nc1nc2c(s1)-c1c(c(-c3ccc(C)nc3)nn1-c1ccc(C(=O)N(C)C)cc1Cl)CCC2. The van der Waals surface area contributed by atoms with Crippen LogP contribution in [-0.4, -0.2) is 50.6 Å². The summed E-state index contributed by atoms with van der Waals surface area (Å²) in [6.45, 7) is 3.42. The predicted molar refractivity (Wildman–Crippen MR) is 142 cm³/mol. The molecule has 0 saturated carbocycles. The van der Waals surface area contributed by atoms with Crippen molar-refractivity contribution in [1.29, 1.82) is 0 Å². The van der Waals surface area contributed by atoms with Crippen molar-refractivity contribution < 1.29 is 9.59 Å². The number of hydrogen-bond donors (Lipinski definition) is 1. The van der Waals surface area contributed by atoms with Crippen molar-refractivity contribution in [2.75, 3.05) is 19.4 Å². The predicted octanol–water partition coefficient (Wildman–Crippen LogP) is 5.17. The summed E-state index contributed by atoms with van der Waals surface area (Å²) in [5.41, 5.74) is 6.76. The van der Waals surface area contributed by atoms with Crippen LogP contribution in [0.5, 0.6) is 0 Å². The molecular formula is C26H25ClN6O2S. The van der Waals surface area contributed by atoms with E-state index in [4.69, 9.17) is 21.7 Å². The summed E-state index contributed by atoms with van der Waals surface area (Å²) in [5.74, 6) is -0.290. The number of aryl methyl sites for hydroxylation is 2. The van der Waals surface area contributed by atoms with Gasteiger partial charge in [-0.1, -0.05) is 22.9 Å². The van der Waals surface area contributed by atoms with Crippen LogP contribution in [-0.2, 0) is 17.6 Å². The summed E-state index contributed by atoms with van der Waals surface area (Å²) in [7, 11) is 3.41. The summed E-state index contributed by atoms with van der Waals surface area (Å²) in [5, 5.41) is 8.83. The monoisotopic (exact) mass is 520 g/mol. The lowest BCUT2D eigenvalue weighted by molar-refractivity contribution is -0.114. The number of carbonyl (C=O) groups is 2. The molecule has 3 aromatic heterocycles. The first-order chi connectivity index (χ1) is 17.2. The van der Waals surface area contributed by atoms with Crippen LogP contribution in [0.15, 0.2) is 36.5 Å². The Labute approximate surface area is 218 Å². The van der Waals surface area contributed by atoms with Crippen LogP contribution in [0.1, 0.15) is 40.7 Å². The van der Waals surface area contributed by atoms with E-state index in [1.807, 2.05) is 36.0 Å². The van der Waals surface area contributed by atoms with Gasteiger partial charge < -0.3 is 10.2 Å². The number of anilines is 1. The number of benzene rings is 1. The number of hydrogen-bond acceptors (Lipinski definition) is 6. The minimum atomic E-state index is -0.164. The van der Waals surface area contributed by atoms with E-state index in [1.165, 1.54) is 23.2 Å². The first-order valence-corrected chi connectivity index (χ1v) is 12.8. The maximum absolute atomic E-state index is 12.5. The molecule has 1 aliphatic carbocycles. The third-order valence-electron chi connectivity index (χ3n) is 6.03. The molecule has 0 radical (unpaired) electrons. The average Bonchev–Trinajstić information content (AvgIpc) is 3.34. The molecule has 0 fully saturated rings. The van der Waals surface area contributed by atoms with Crippen molar-refractivity contribution in [2.45, 2.75) is 33.1 Å². The molecule has 4 aromatic rings. The number of pyridine rings is 1. The van der Waals surface area contributed by atoms with Crippen molar-refractivity contribution in [3.05, 3.63) is 64.1 Å². The van der Waals surface area contributed by atoms with Crippen LogP contribution in [0.3, 0.4) is 0 Å². The van der Waals surface area contributed by atoms with E-state index in [2.05, 4.69) is 10.3 Å². The Kier molecular flexibility index (Phi) is 6.36. The van der Waals surface area contributed by atoms with Gasteiger partial charge >= 0.3 is 0 Å². The van der Waals surface area contributed by atoms with Gasteiger partial charge in [0.2, 0.25) is 5.91 Å². The number of amides is 2. The van der Waals surface area contributed by atoms with Crippen LogP contribution >= 0.6 is 22.9 Å². The molecular weight excluding hydrogens is 496 g/mol. The number of aromatic nitrogens is 4. The van der Waals surface area contributed by atoms with Gasteiger partial charge in [0.25, 0.3) is 5.91 Å². The number of nitrogens with one attached hydrogen (secondary N) is 1. The summed E-state index contributed by atoms with van der Waals surface area (Å²) < 4.78 is 1.84. The second kappa shape index (κ2) is 9.48. The van der Waals surface area contributed by atoms with Gasteiger partial charge in [-0.05, 0) is 56.5 Å². The van der Waals surface area contributed by atoms with Crippen LogP contribution < -0.4 is 5.32 Å². The zero-order valence-corrected chi connectivity index (χ0v) is 22.0. The molecule has 1 N–H and O–H groups in total. The Morgan fingerprint density at radius 2 is 1.97 bits per heavy atom. The Hall–Kier alpha value is -3.56. The fourth-order valence-electron chi connectivity index (χ4n) is 4.35. The Morgan fingerprint density at radius 3 is 2.64 bits per heavy atom. The summed E-state index contributed by atoms with van der Waals surface area (Å²) >= 11 is 8.19. The largest absolute Gasteiger partial charge is 0.345 e. The Bertz CT molecular complexity index is 1490. The topological polar surface area (TPSA) is 93.0 Å². The molecule has 8 nitrogen and oxygen atoms in total. The van der Waals surface area contributed by atoms with Crippen LogP contribution in [0.25, 0.3) is 27.5 Å². The third kappa shape index (κ3) is 4.40. The highest BCUT2D eigenvalue weighted by atomic mass is 35.5. The van der Waals surface area contributed by atoms with E-state index in [-0.39, 0.29) is 11.8 Å². The molecule has 10 heteroatoms. The van der Waals surface area contributed by atoms with Gasteiger partial charge in [0.15, 0.2) is 5.13 Å². The molecule has 0 atom stereocenters. The third-order valence-corrected chi connectivity index (χ3v) is 7.36. The zero-order chi connectivity index (χ0) is 25.6. The highest BCUT2D eigenvalue weighted by molar-refractivity contribution is 7.19. The van der Waals surface area contributed by atoms with Crippen molar-refractivity contribution in [3.8, 4) is 27.5 Å². The molecule has 3 heterocycles. The molecule has 0 unspecified atom stereocenters. The molecule has 1 aliphatic rings. The normalized spacial score (nSPS) is 12.5. The average molecular weight is 521 g/mol. The second-order valence-corrected chi connectivity index (χ2v) is 10.4. The van der Waals surface area contributed by atoms with E-state index in [1.54, 1.807) is 26.2 Å². The highest BCUT2D eigenvalue weighted by Gasteiger charge is 2.29. The zero-order valence-electron chi connectivity index (χ0n) is 20.4. The second-order valence-electron chi connectivity index (χ2n) is 8.97. The minimum absolute atomic E-state index is 0.126. The summed E-state index contributed by atoms with van der Waals surface area (Å²) in [6.07, 6.45) is 4.33. The van der Waals surface area contributed by atoms with Crippen LogP contribution in [0.4, 0.5) is 5.13 Å². The van der Waals surface area contributed by atoms with E-state index in [0.717, 1.165) is 58.0 Å². The van der Waals surface area contributed by atoms with Gasteiger partial charge in [-0.2, -0.15) is 5.10 Å². The van der Waals surface area contributed by atoms with Gasteiger partial charge in [0, 0.05) is 49.6 Å². The number of nitrogens with zero attached hydrogens (tertiary/aromatic N) is 5. The molecule has 5 rings (SSSR count). The standard InChI is InChI=1S/C26H25ClN6O2S/c1-14-8-9-17(13-28-14)22-18-6-5-7-20-24(36-26(30-20)29-15(2)34)23(18)33(31-22)21-11-10-16(12-19(21)27)25(35)32(3)4/h8-13H,5-7H2,1-4H3,(H,29,30,34).